The number of benzene rings is 1. The molecule has 6 nitrogen and oxygen atoms in total. The third-order valence-electron chi connectivity index (χ3n) is 3.59. The summed E-state index contributed by atoms with van der Waals surface area (Å²) in [7, 11) is -6.96. The van der Waals surface area contributed by atoms with E-state index < -0.39 is 25.6 Å². The minimum absolute atomic E-state index is 0.0687. The highest BCUT2D eigenvalue weighted by Gasteiger charge is 2.35. The van der Waals surface area contributed by atoms with Crippen LogP contribution in [0.1, 0.15) is 17.9 Å². The fraction of sp³-hybridized carbons (Fsp3) is 0.538. The normalized spacial score (nSPS) is 18.8. The molecule has 1 aromatic rings. The van der Waals surface area contributed by atoms with Gasteiger partial charge in [-0.3, -0.25) is 4.31 Å². The highest BCUT2D eigenvalue weighted by molar-refractivity contribution is 7.95. The number of para-hydroxylation sites is 1. The highest BCUT2D eigenvalue weighted by atomic mass is 32.2. The van der Waals surface area contributed by atoms with Crippen LogP contribution in [0.15, 0.2) is 24.3 Å². The molecule has 0 saturated carbocycles. The van der Waals surface area contributed by atoms with E-state index in [-0.39, 0.29) is 11.7 Å². The highest BCUT2D eigenvalue weighted by Crippen LogP contribution is 2.39. The molecule has 2 N–H and O–H groups in total. The van der Waals surface area contributed by atoms with Crippen molar-refractivity contribution >= 4 is 25.5 Å². The van der Waals surface area contributed by atoms with Crippen LogP contribution in [-0.4, -0.2) is 47.7 Å². The maximum absolute atomic E-state index is 12.4. The number of anilines is 1. The molecular formula is C13H20N2O4S2. The molecule has 2 rings (SSSR count). The van der Waals surface area contributed by atoms with Gasteiger partial charge < -0.3 is 5.73 Å². The molecule has 8 heteroatoms. The van der Waals surface area contributed by atoms with Gasteiger partial charge >= 0.3 is 0 Å². The number of sulfonamides is 1. The third-order valence-corrected chi connectivity index (χ3v) is 6.54. The lowest BCUT2D eigenvalue weighted by Gasteiger charge is -2.19. The number of hydrogen-bond acceptors (Lipinski definition) is 5. The van der Waals surface area contributed by atoms with E-state index in [0.29, 0.717) is 25.2 Å². The molecular weight excluding hydrogens is 312 g/mol. The first kappa shape index (κ1) is 16.3. The van der Waals surface area contributed by atoms with Crippen LogP contribution in [0.5, 0.6) is 0 Å². The smallest absolute Gasteiger partial charge is 0.236 e. The predicted octanol–water partition coefficient (Wildman–Crippen LogP) is 0.313. The third kappa shape index (κ3) is 3.75. The van der Waals surface area contributed by atoms with Crippen molar-refractivity contribution in [3.05, 3.63) is 29.8 Å². The van der Waals surface area contributed by atoms with Gasteiger partial charge in [0.05, 0.1) is 17.2 Å². The summed E-state index contributed by atoms with van der Waals surface area (Å²) in [4.78, 5) is 0. The average molecular weight is 332 g/mol. The van der Waals surface area contributed by atoms with Gasteiger partial charge in [0.2, 0.25) is 10.0 Å². The average Bonchev–Trinajstić information content (AvgIpc) is 2.77. The molecule has 1 heterocycles. The van der Waals surface area contributed by atoms with Crippen LogP contribution in [0.25, 0.3) is 0 Å². The molecule has 0 amide bonds. The summed E-state index contributed by atoms with van der Waals surface area (Å²) in [5, 5.41) is 0. The second kappa shape index (κ2) is 5.94. The molecule has 0 spiro atoms. The van der Waals surface area contributed by atoms with Gasteiger partial charge in [0, 0.05) is 18.7 Å². The second-order valence-electron chi connectivity index (χ2n) is 5.31. The molecule has 1 atom stereocenters. The molecule has 0 radical (unpaired) electrons. The molecule has 1 aliphatic heterocycles. The van der Waals surface area contributed by atoms with E-state index in [1.165, 1.54) is 4.31 Å². The molecule has 0 aromatic heterocycles. The van der Waals surface area contributed by atoms with Crippen LogP contribution in [0.4, 0.5) is 5.69 Å². The predicted molar refractivity (Wildman–Crippen MR) is 83.7 cm³/mol. The summed E-state index contributed by atoms with van der Waals surface area (Å²) < 4.78 is 48.6. The number of sulfone groups is 1. The van der Waals surface area contributed by atoms with E-state index in [9.17, 15) is 16.8 Å². The van der Waals surface area contributed by atoms with Crippen molar-refractivity contribution in [1.82, 2.24) is 0 Å². The van der Waals surface area contributed by atoms with Crippen LogP contribution < -0.4 is 10.0 Å². The molecule has 0 bridgehead atoms. The Labute approximate surface area is 125 Å². The number of rotatable bonds is 6. The first-order valence-electron chi connectivity index (χ1n) is 6.72. The van der Waals surface area contributed by atoms with Crippen molar-refractivity contribution in [3.63, 3.8) is 0 Å². The van der Waals surface area contributed by atoms with E-state index in [0.717, 1.165) is 11.8 Å². The van der Waals surface area contributed by atoms with E-state index in [4.69, 9.17) is 5.73 Å². The number of nitrogens with zero attached hydrogens (tertiary/aromatic N) is 1. The monoisotopic (exact) mass is 332 g/mol. The van der Waals surface area contributed by atoms with Gasteiger partial charge in [-0.05, 0) is 24.6 Å². The van der Waals surface area contributed by atoms with Gasteiger partial charge in [-0.1, -0.05) is 18.2 Å². The number of nitrogens with two attached hydrogens (primary N) is 1. The summed E-state index contributed by atoms with van der Waals surface area (Å²) in [6.07, 6.45) is 1.74. The van der Waals surface area contributed by atoms with Crippen molar-refractivity contribution in [2.45, 2.75) is 12.3 Å². The van der Waals surface area contributed by atoms with Crippen LogP contribution in [0, 0.1) is 0 Å². The van der Waals surface area contributed by atoms with Gasteiger partial charge in [0.25, 0.3) is 0 Å². The zero-order valence-corrected chi connectivity index (χ0v) is 13.5. The largest absolute Gasteiger partial charge is 0.330 e. The van der Waals surface area contributed by atoms with Crippen LogP contribution in [0.3, 0.4) is 0 Å². The van der Waals surface area contributed by atoms with Crippen molar-refractivity contribution in [1.29, 1.82) is 0 Å². The standard InChI is InChI=1S/C13H20N2O4S2/c1-20(16,17)8-9-21(18,19)15-10-11(6-7-14)12-4-2-3-5-13(12)15/h2-5,11H,6-10,14H2,1H3. The van der Waals surface area contributed by atoms with Gasteiger partial charge in [-0.2, -0.15) is 0 Å². The van der Waals surface area contributed by atoms with E-state index >= 15 is 0 Å². The van der Waals surface area contributed by atoms with Crippen molar-refractivity contribution < 1.29 is 16.8 Å². The zero-order valence-electron chi connectivity index (χ0n) is 11.9. The Bertz CT molecular complexity index is 713. The maximum atomic E-state index is 12.4. The maximum Gasteiger partial charge on any atom is 0.236 e. The fourth-order valence-corrected chi connectivity index (χ4v) is 5.68. The zero-order chi connectivity index (χ0) is 15.7. The lowest BCUT2D eigenvalue weighted by Crippen LogP contribution is -2.34. The Kier molecular flexibility index (Phi) is 4.60. The fourth-order valence-electron chi connectivity index (χ4n) is 2.53. The summed E-state index contributed by atoms with van der Waals surface area (Å²) in [6.45, 7) is 0.818. The molecule has 118 valence electrons. The van der Waals surface area contributed by atoms with Crippen LogP contribution >= 0.6 is 0 Å². The Morgan fingerprint density at radius 1 is 1.19 bits per heavy atom. The van der Waals surface area contributed by atoms with E-state index in [1.54, 1.807) is 12.1 Å². The first-order valence-corrected chi connectivity index (χ1v) is 10.4. The molecule has 0 fully saturated rings. The van der Waals surface area contributed by atoms with Crippen molar-refractivity contribution in [3.8, 4) is 0 Å². The summed E-state index contributed by atoms with van der Waals surface area (Å²) >= 11 is 0. The number of fused-ring (bicyclic) bond motifs is 1. The Hall–Kier alpha value is -1.12. The minimum Gasteiger partial charge on any atom is -0.330 e. The summed E-state index contributed by atoms with van der Waals surface area (Å²) in [5.74, 6) is -0.690. The van der Waals surface area contributed by atoms with E-state index in [1.807, 2.05) is 12.1 Å². The lowest BCUT2D eigenvalue weighted by atomic mass is 9.98. The number of hydrogen-bond donors (Lipinski definition) is 1. The van der Waals surface area contributed by atoms with E-state index in [2.05, 4.69) is 0 Å². The molecule has 21 heavy (non-hydrogen) atoms. The second-order valence-corrected chi connectivity index (χ2v) is 9.58. The van der Waals surface area contributed by atoms with Gasteiger partial charge in [0.15, 0.2) is 0 Å². The SMILES string of the molecule is CS(=O)(=O)CCS(=O)(=O)N1CC(CCN)c2ccccc21. The van der Waals surface area contributed by atoms with Crippen LogP contribution in [0.2, 0.25) is 0 Å². The topological polar surface area (TPSA) is 97.5 Å². The van der Waals surface area contributed by atoms with Gasteiger partial charge in [-0.25, -0.2) is 16.8 Å². The first-order chi connectivity index (χ1) is 9.74. The van der Waals surface area contributed by atoms with Crippen molar-refractivity contribution in [2.75, 3.05) is 35.2 Å². The summed E-state index contributed by atoms with van der Waals surface area (Å²) in [5.41, 5.74) is 7.20. The lowest BCUT2D eigenvalue weighted by molar-refractivity contribution is 0.583. The Morgan fingerprint density at radius 2 is 1.86 bits per heavy atom. The van der Waals surface area contributed by atoms with Gasteiger partial charge in [-0.15, -0.1) is 0 Å². The molecule has 0 aliphatic carbocycles. The quantitative estimate of drug-likeness (QED) is 0.809. The molecule has 1 aliphatic rings. The molecule has 1 aromatic carbocycles. The van der Waals surface area contributed by atoms with Crippen molar-refractivity contribution in [2.24, 2.45) is 5.73 Å². The Balaban J connectivity index is 2.29. The molecule has 1 unspecified atom stereocenters. The summed E-state index contributed by atoms with van der Waals surface area (Å²) in [6, 6.07) is 7.31. The molecule has 0 saturated heterocycles. The Morgan fingerprint density at radius 3 is 2.48 bits per heavy atom. The minimum atomic E-state index is -3.64. The van der Waals surface area contributed by atoms with Gasteiger partial charge in [0.1, 0.15) is 9.84 Å². The van der Waals surface area contributed by atoms with Crippen LogP contribution in [-0.2, 0) is 19.9 Å².